The SMILES string of the molecule is ClCCCN1CCC(c2ccc(Cl)cc2)CC1=Cc1ccccc1. The van der Waals surface area contributed by atoms with Gasteiger partial charge < -0.3 is 4.90 Å². The van der Waals surface area contributed by atoms with E-state index >= 15 is 0 Å². The molecule has 0 spiro atoms. The zero-order valence-corrected chi connectivity index (χ0v) is 15.3. The van der Waals surface area contributed by atoms with E-state index in [4.69, 9.17) is 23.2 Å². The first-order valence-electron chi connectivity index (χ1n) is 8.58. The van der Waals surface area contributed by atoms with Crippen molar-refractivity contribution in [1.29, 1.82) is 0 Å². The molecule has 1 heterocycles. The van der Waals surface area contributed by atoms with Crippen molar-refractivity contribution in [2.75, 3.05) is 19.0 Å². The molecular weight excluding hydrogens is 337 g/mol. The van der Waals surface area contributed by atoms with E-state index in [1.54, 1.807) is 0 Å². The summed E-state index contributed by atoms with van der Waals surface area (Å²) in [4.78, 5) is 2.50. The average molecular weight is 360 g/mol. The predicted octanol–water partition coefficient (Wildman–Crippen LogP) is 6.19. The third kappa shape index (κ3) is 4.55. The van der Waals surface area contributed by atoms with Gasteiger partial charge in [-0.2, -0.15) is 0 Å². The molecule has 1 nitrogen and oxygen atoms in total. The summed E-state index contributed by atoms with van der Waals surface area (Å²) in [6, 6.07) is 18.9. The molecule has 0 saturated carbocycles. The number of piperidine rings is 1. The topological polar surface area (TPSA) is 3.24 Å². The molecular formula is C21H23Cl2N. The van der Waals surface area contributed by atoms with Crippen molar-refractivity contribution in [1.82, 2.24) is 4.90 Å². The Bertz CT molecular complexity index is 664. The van der Waals surface area contributed by atoms with Crippen LogP contribution in [0.15, 0.2) is 60.3 Å². The lowest BCUT2D eigenvalue weighted by molar-refractivity contribution is 0.276. The average Bonchev–Trinajstić information content (AvgIpc) is 2.62. The Kier molecular flexibility index (Phi) is 6.23. The summed E-state index contributed by atoms with van der Waals surface area (Å²) in [5.74, 6) is 1.28. The Labute approximate surface area is 154 Å². The van der Waals surface area contributed by atoms with Gasteiger partial charge in [-0.1, -0.05) is 54.1 Å². The molecule has 126 valence electrons. The van der Waals surface area contributed by atoms with E-state index in [1.165, 1.54) is 23.2 Å². The maximum atomic E-state index is 6.03. The summed E-state index contributed by atoms with van der Waals surface area (Å²) in [6.45, 7) is 2.12. The highest BCUT2D eigenvalue weighted by molar-refractivity contribution is 6.30. The maximum Gasteiger partial charge on any atom is 0.0406 e. The first-order chi connectivity index (χ1) is 11.8. The summed E-state index contributed by atoms with van der Waals surface area (Å²) in [7, 11) is 0. The highest BCUT2D eigenvalue weighted by Crippen LogP contribution is 2.35. The van der Waals surface area contributed by atoms with Crippen molar-refractivity contribution in [3.05, 3.63) is 76.4 Å². The van der Waals surface area contributed by atoms with Crippen LogP contribution >= 0.6 is 23.2 Å². The van der Waals surface area contributed by atoms with Crippen LogP contribution < -0.4 is 0 Å². The van der Waals surface area contributed by atoms with E-state index in [0.717, 1.165) is 36.8 Å². The Balaban J connectivity index is 1.81. The molecule has 0 aromatic heterocycles. The molecule has 3 heteroatoms. The molecule has 0 radical (unpaired) electrons. The molecule has 0 aliphatic carbocycles. The molecule has 2 aromatic carbocycles. The van der Waals surface area contributed by atoms with E-state index in [9.17, 15) is 0 Å². The first-order valence-corrected chi connectivity index (χ1v) is 9.49. The summed E-state index contributed by atoms with van der Waals surface area (Å²) in [6.07, 6.45) is 5.60. The smallest absolute Gasteiger partial charge is 0.0406 e. The van der Waals surface area contributed by atoms with Crippen LogP contribution in [0.2, 0.25) is 5.02 Å². The molecule has 1 unspecified atom stereocenters. The van der Waals surface area contributed by atoms with Crippen molar-refractivity contribution in [2.45, 2.75) is 25.2 Å². The van der Waals surface area contributed by atoms with Crippen molar-refractivity contribution in [3.8, 4) is 0 Å². The first kappa shape index (κ1) is 17.4. The number of allylic oxidation sites excluding steroid dienone is 1. The Morgan fingerprint density at radius 3 is 2.50 bits per heavy atom. The minimum atomic E-state index is 0.560. The van der Waals surface area contributed by atoms with Gasteiger partial charge in [0.05, 0.1) is 0 Å². The minimum Gasteiger partial charge on any atom is -0.375 e. The molecule has 1 saturated heterocycles. The standard InChI is InChI=1S/C21H23Cl2N/c22-12-4-13-24-14-11-19(18-7-9-20(23)10-8-18)16-21(24)15-17-5-2-1-3-6-17/h1-3,5-10,15,19H,4,11-14,16H2. The number of likely N-dealkylation sites (tertiary alicyclic amines) is 1. The Morgan fingerprint density at radius 2 is 1.79 bits per heavy atom. The quantitative estimate of drug-likeness (QED) is 0.575. The minimum absolute atomic E-state index is 0.560. The Morgan fingerprint density at radius 1 is 1.04 bits per heavy atom. The van der Waals surface area contributed by atoms with Crippen LogP contribution in [-0.4, -0.2) is 23.9 Å². The van der Waals surface area contributed by atoms with Gasteiger partial charge in [-0.15, -0.1) is 11.6 Å². The van der Waals surface area contributed by atoms with Gasteiger partial charge in [0.2, 0.25) is 0 Å². The molecule has 0 N–H and O–H groups in total. The van der Waals surface area contributed by atoms with Gasteiger partial charge in [0.1, 0.15) is 0 Å². The van der Waals surface area contributed by atoms with Crippen molar-refractivity contribution in [3.63, 3.8) is 0 Å². The second-order valence-corrected chi connectivity index (χ2v) is 7.13. The van der Waals surface area contributed by atoms with E-state index < -0.39 is 0 Å². The van der Waals surface area contributed by atoms with Crippen molar-refractivity contribution in [2.24, 2.45) is 0 Å². The molecule has 3 rings (SSSR count). The van der Waals surface area contributed by atoms with Crippen LogP contribution in [0.4, 0.5) is 0 Å². The number of rotatable bonds is 5. The highest BCUT2D eigenvalue weighted by atomic mass is 35.5. The van der Waals surface area contributed by atoms with Gasteiger partial charge in [0.25, 0.3) is 0 Å². The molecule has 0 amide bonds. The largest absolute Gasteiger partial charge is 0.375 e. The summed E-state index contributed by atoms with van der Waals surface area (Å²) in [5.41, 5.74) is 4.06. The number of alkyl halides is 1. The van der Waals surface area contributed by atoms with Crippen LogP contribution in [0.5, 0.6) is 0 Å². The van der Waals surface area contributed by atoms with Gasteiger partial charge in [-0.25, -0.2) is 0 Å². The fourth-order valence-electron chi connectivity index (χ4n) is 3.36. The van der Waals surface area contributed by atoms with Gasteiger partial charge in [0, 0.05) is 29.7 Å². The lowest BCUT2D eigenvalue weighted by atomic mass is 9.87. The fraction of sp³-hybridized carbons (Fsp3) is 0.333. The molecule has 0 bridgehead atoms. The molecule has 1 fully saturated rings. The second kappa shape index (κ2) is 8.60. The van der Waals surface area contributed by atoms with Crippen LogP contribution in [0.25, 0.3) is 6.08 Å². The lowest BCUT2D eigenvalue weighted by Gasteiger charge is -2.36. The van der Waals surface area contributed by atoms with Crippen LogP contribution in [0.3, 0.4) is 0 Å². The summed E-state index contributed by atoms with van der Waals surface area (Å²) < 4.78 is 0. The van der Waals surface area contributed by atoms with E-state index in [0.29, 0.717) is 5.92 Å². The van der Waals surface area contributed by atoms with Crippen molar-refractivity contribution >= 4 is 29.3 Å². The van der Waals surface area contributed by atoms with Crippen LogP contribution in [-0.2, 0) is 0 Å². The number of hydrogen-bond acceptors (Lipinski definition) is 1. The second-order valence-electron chi connectivity index (χ2n) is 6.32. The molecule has 1 atom stereocenters. The fourth-order valence-corrected chi connectivity index (χ4v) is 3.60. The zero-order chi connectivity index (χ0) is 16.8. The summed E-state index contributed by atoms with van der Waals surface area (Å²) >= 11 is 11.9. The molecule has 1 aliphatic heterocycles. The number of halogens is 2. The monoisotopic (exact) mass is 359 g/mol. The highest BCUT2D eigenvalue weighted by Gasteiger charge is 2.23. The number of benzene rings is 2. The van der Waals surface area contributed by atoms with E-state index in [1.807, 2.05) is 12.1 Å². The van der Waals surface area contributed by atoms with E-state index in [2.05, 4.69) is 53.4 Å². The van der Waals surface area contributed by atoms with Crippen LogP contribution in [0.1, 0.15) is 36.3 Å². The third-order valence-corrected chi connectivity index (χ3v) is 5.16. The molecule has 2 aromatic rings. The van der Waals surface area contributed by atoms with Gasteiger partial charge in [0.15, 0.2) is 0 Å². The van der Waals surface area contributed by atoms with Gasteiger partial charge in [-0.3, -0.25) is 0 Å². The Hall–Kier alpha value is -1.44. The number of hydrogen-bond donors (Lipinski definition) is 0. The normalized spacial score (nSPS) is 19.7. The predicted molar refractivity (Wildman–Crippen MR) is 105 cm³/mol. The molecule has 1 aliphatic rings. The number of nitrogens with zero attached hydrogens (tertiary/aromatic N) is 1. The van der Waals surface area contributed by atoms with Crippen LogP contribution in [0, 0.1) is 0 Å². The van der Waals surface area contributed by atoms with Gasteiger partial charge >= 0.3 is 0 Å². The van der Waals surface area contributed by atoms with Gasteiger partial charge in [-0.05, 0) is 54.5 Å². The van der Waals surface area contributed by atoms with E-state index in [-0.39, 0.29) is 0 Å². The third-order valence-electron chi connectivity index (χ3n) is 4.65. The molecule has 24 heavy (non-hydrogen) atoms. The zero-order valence-electron chi connectivity index (χ0n) is 13.8. The van der Waals surface area contributed by atoms with Crippen molar-refractivity contribution < 1.29 is 0 Å². The lowest BCUT2D eigenvalue weighted by Crippen LogP contribution is -2.32. The maximum absolute atomic E-state index is 6.03. The summed E-state index contributed by atoms with van der Waals surface area (Å²) in [5, 5.41) is 0.804.